The van der Waals surface area contributed by atoms with Gasteiger partial charge < -0.3 is 9.88 Å². The molecule has 0 atom stereocenters. The van der Waals surface area contributed by atoms with Gasteiger partial charge in [-0.1, -0.05) is 30.3 Å². The second kappa shape index (κ2) is 8.00. The Bertz CT molecular complexity index is 1270. The molecule has 1 amide bonds. The van der Waals surface area contributed by atoms with E-state index in [1.54, 1.807) is 22.2 Å². The van der Waals surface area contributed by atoms with E-state index in [9.17, 15) is 4.79 Å². The van der Waals surface area contributed by atoms with Crippen LogP contribution in [-0.4, -0.2) is 20.3 Å². The molecule has 5 rings (SSSR count). The molecule has 5 aromatic rings. The lowest BCUT2D eigenvalue weighted by Crippen LogP contribution is -2.17. The number of hydrogen-bond acceptors (Lipinski definition) is 3. The van der Waals surface area contributed by atoms with Crippen LogP contribution >= 0.6 is 11.3 Å². The summed E-state index contributed by atoms with van der Waals surface area (Å²) >= 11 is 1.66. The molecule has 5 nitrogen and oxygen atoms in total. The molecule has 30 heavy (non-hydrogen) atoms. The van der Waals surface area contributed by atoms with Crippen LogP contribution in [-0.2, 0) is 13.0 Å². The van der Waals surface area contributed by atoms with Gasteiger partial charge in [0.05, 0.1) is 15.9 Å². The molecule has 0 fully saturated rings. The van der Waals surface area contributed by atoms with Crippen LogP contribution in [0, 0.1) is 0 Å². The van der Waals surface area contributed by atoms with Crippen molar-refractivity contribution in [3.63, 3.8) is 0 Å². The fraction of sp³-hybridized carbons (Fsp3) is 0.0833. The minimum absolute atomic E-state index is 0.0988. The third kappa shape index (κ3) is 3.65. The van der Waals surface area contributed by atoms with Crippen molar-refractivity contribution in [1.82, 2.24) is 14.3 Å². The van der Waals surface area contributed by atoms with Crippen LogP contribution in [0.2, 0.25) is 0 Å². The normalized spacial score (nSPS) is 11.1. The maximum absolute atomic E-state index is 13.1. The Morgan fingerprint density at radius 2 is 1.83 bits per heavy atom. The van der Waals surface area contributed by atoms with Crippen LogP contribution in [0.15, 0.2) is 90.6 Å². The predicted octanol–water partition coefficient (Wildman–Crippen LogP) is 5.38. The van der Waals surface area contributed by atoms with E-state index in [-0.39, 0.29) is 5.91 Å². The molecule has 0 unspecified atom stereocenters. The molecule has 0 aliphatic carbocycles. The molecule has 148 valence electrons. The van der Waals surface area contributed by atoms with Crippen LogP contribution in [0.4, 0.5) is 5.69 Å². The predicted molar refractivity (Wildman–Crippen MR) is 121 cm³/mol. The summed E-state index contributed by atoms with van der Waals surface area (Å²) in [4.78, 5) is 13.1. The molecule has 3 aromatic heterocycles. The van der Waals surface area contributed by atoms with E-state index in [2.05, 4.69) is 38.6 Å². The summed E-state index contributed by atoms with van der Waals surface area (Å²) in [6, 6.07) is 24.0. The number of amides is 1. The topological polar surface area (TPSA) is 51.9 Å². The number of rotatable bonds is 6. The zero-order valence-corrected chi connectivity index (χ0v) is 17.0. The van der Waals surface area contributed by atoms with Crippen LogP contribution in [0.3, 0.4) is 0 Å². The quantitative estimate of drug-likeness (QED) is 0.407. The lowest BCUT2D eigenvalue weighted by Gasteiger charge is -2.11. The molecule has 0 aliphatic heterocycles. The third-order valence-electron chi connectivity index (χ3n) is 5.12. The van der Waals surface area contributed by atoms with Gasteiger partial charge in [-0.25, -0.2) is 4.68 Å². The number of anilines is 1. The summed E-state index contributed by atoms with van der Waals surface area (Å²) in [5, 5.41) is 9.33. The Kier molecular flexibility index (Phi) is 4.91. The van der Waals surface area contributed by atoms with Crippen molar-refractivity contribution in [3.05, 3.63) is 102 Å². The molecule has 3 heterocycles. The highest BCUT2D eigenvalue weighted by molar-refractivity contribution is 7.17. The minimum atomic E-state index is -0.0988. The summed E-state index contributed by atoms with van der Waals surface area (Å²) in [5.74, 6) is -0.0988. The van der Waals surface area contributed by atoms with E-state index in [0.717, 1.165) is 34.6 Å². The first kappa shape index (κ1) is 18.4. The van der Waals surface area contributed by atoms with Gasteiger partial charge in [0.15, 0.2) is 0 Å². The molecule has 1 N–H and O–H groups in total. The number of thiophene rings is 1. The number of aryl methyl sites for hydroxylation is 2. The number of nitrogens with zero attached hydrogens (tertiary/aromatic N) is 3. The Morgan fingerprint density at radius 3 is 2.60 bits per heavy atom. The zero-order valence-electron chi connectivity index (χ0n) is 16.2. The van der Waals surface area contributed by atoms with Crippen molar-refractivity contribution >= 4 is 33.1 Å². The van der Waals surface area contributed by atoms with Gasteiger partial charge in [0.2, 0.25) is 0 Å². The average molecular weight is 413 g/mol. The van der Waals surface area contributed by atoms with Gasteiger partial charge in [-0.05, 0) is 59.8 Å². The number of nitrogens with one attached hydrogen (secondary N) is 1. The SMILES string of the molecule is O=C(Nc1ccc(-n2cccn2)cc1)c1cc2sccc2n1CCc1ccccc1. The molecule has 0 bridgehead atoms. The maximum Gasteiger partial charge on any atom is 0.272 e. The Balaban J connectivity index is 1.37. The first-order chi connectivity index (χ1) is 14.8. The van der Waals surface area contributed by atoms with Crippen molar-refractivity contribution in [3.8, 4) is 5.69 Å². The Morgan fingerprint density at radius 1 is 1.00 bits per heavy atom. The fourth-order valence-corrected chi connectivity index (χ4v) is 4.43. The van der Waals surface area contributed by atoms with Gasteiger partial charge in [0.1, 0.15) is 5.69 Å². The highest BCUT2D eigenvalue weighted by Crippen LogP contribution is 2.26. The van der Waals surface area contributed by atoms with Gasteiger partial charge in [-0.2, -0.15) is 5.10 Å². The molecule has 0 radical (unpaired) electrons. The van der Waals surface area contributed by atoms with Crippen LogP contribution in [0.1, 0.15) is 16.1 Å². The van der Waals surface area contributed by atoms with Gasteiger partial charge in [-0.3, -0.25) is 4.79 Å². The third-order valence-corrected chi connectivity index (χ3v) is 5.97. The highest BCUT2D eigenvalue weighted by atomic mass is 32.1. The number of carbonyl (C=O) groups is 1. The lowest BCUT2D eigenvalue weighted by atomic mass is 10.1. The average Bonchev–Trinajstić information content (AvgIpc) is 3.51. The van der Waals surface area contributed by atoms with Crippen molar-refractivity contribution < 1.29 is 4.79 Å². The molecule has 6 heteroatoms. The Labute approximate surface area is 178 Å². The zero-order chi connectivity index (χ0) is 20.3. The molecular weight excluding hydrogens is 392 g/mol. The van der Waals surface area contributed by atoms with Crippen molar-refractivity contribution in [2.45, 2.75) is 13.0 Å². The first-order valence-corrected chi connectivity index (χ1v) is 10.7. The maximum atomic E-state index is 13.1. The molecular formula is C24H20N4OS. The molecule has 2 aromatic carbocycles. The monoisotopic (exact) mass is 412 g/mol. The summed E-state index contributed by atoms with van der Waals surface area (Å²) in [7, 11) is 0. The van der Waals surface area contributed by atoms with Crippen molar-refractivity contribution in [2.75, 3.05) is 5.32 Å². The van der Waals surface area contributed by atoms with E-state index < -0.39 is 0 Å². The number of carbonyl (C=O) groups excluding carboxylic acids is 1. The lowest BCUT2D eigenvalue weighted by molar-refractivity contribution is 0.101. The van der Waals surface area contributed by atoms with Crippen LogP contribution < -0.4 is 5.32 Å². The molecule has 0 saturated carbocycles. The standard InChI is InChI=1S/C24H20N4OS/c29-24(26-19-7-9-20(10-8-19)28-14-4-13-25-28)22-17-23-21(12-16-30-23)27(22)15-11-18-5-2-1-3-6-18/h1-10,12-14,16-17H,11,15H2,(H,26,29). The summed E-state index contributed by atoms with van der Waals surface area (Å²) in [6.07, 6.45) is 4.50. The number of aromatic nitrogens is 3. The van der Waals surface area contributed by atoms with E-state index in [0.29, 0.717) is 5.69 Å². The summed E-state index contributed by atoms with van der Waals surface area (Å²) < 4.78 is 5.03. The van der Waals surface area contributed by atoms with E-state index in [4.69, 9.17) is 0 Å². The molecule has 0 aliphatic rings. The minimum Gasteiger partial charge on any atom is -0.335 e. The van der Waals surface area contributed by atoms with E-state index in [1.807, 2.05) is 60.8 Å². The highest BCUT2D eigenvalue weighted by Gasteiger charge is 2.16. The van der Waals surface area contributed by atoms with E-state index in [1.165, 1.54) is 5.56 Å². The molecule has 0 spiro atoms. The summed E-state index contributed by atoms with van der Waals surface area (Å²) in [5.41, 5.74) is 4.76. The number of fused-ring (bicyclic) bond motifs is 1. The van der Waals surface area contributed by atoms with Gasteiger partial charge >= 0.3 is 0 Å². The van der Waals surface area contributed by atoms with Crippen LogP contribution in [0.5, 0.6) is 0 Å². The van der Waals surface area contributed by atoms with Gasteiger partial charge in [0.25, 0.3) is 5.91 Å². The second-order valence-corrected chi connectivity index (χ2v) is 7.99. The first-order valence-electron chi connectivity index (χ1n) is 9.80. The van der Waals surface area contributed by atoms with Gasteiger partial charge in [-0.15, -0.1) is 11.3 Å². The smallest absolute Gasteiger partial charge is 0.272 e. The van der Waals surface area contributed by atoms with Crippen molar-refractivity contribution in [1.29, 1.82) is 0 Å². The Hall–Kier alpha value is -3.64. The fourth-order valence-electron chi connectivity index (χ4n) is 3.61. The second-order valence-electron chi connectivity index (χ2n) is 7.04. The van der Waals surface area contributed by atoms with E-state index >= 15 is 0 Å². The number of hydrogen-bond donors (Lipinski definition) is 1. The van der Waals surface area contributed by atoms with Crippen LogP contribution in [0.25, 0.3) is 15.9 Å². The summed E-state index contributed by atoms with van der Waals surface area (Å²) in [6.45, 7) is 0.755. The molecule has 0 saturated heterocycles. The largest absolute Gasteiger partial charge is 0.335 e. The van der Waals surface area contributed by atoms with Crippen molar-refractivity contribution in [2.24, 2.45) is 0 Å². The number of benzene rings is 2. The van der Waals surface area contributed by atoms with Gasteiger partial charge in [0, 0.05) is 24.6 Å².